The first-order valence-corrected chi connectivity index (χ1v) is 7.21. The van der Waals surface area contributed by atoms with Crippen molar-refractivity contribution in [3.05, 3.63) is 34.6 Å². The molecule has 0 radical (unpaired) electrons. The Hall–Kier alpha value is -1.17. The lowest BCUT2D eigenvalue weighted by atomic mass is 10.2. The van der Waals surface area contributed by atoms with Crippen molar-refractivity contribution in [1.82, 2.24) is 15.5 Å². The Morgan fingerprint density at radius 2 is 2.15 bits per heavy atom. The number of benzene rings is 1. The van der Waals surface area contributed by atoms with Gasteiger partial charge in [0.2, 0.25) is 0 Å². The van der Waals surface area contributed by atoms with Crippen molar-refractivity contribution in [2.75, 3.05) is 39.3 Å². The molecule has 1 saturated heterocycles. The largest absolute Gasteiger partial charge is 0.352 e. The number of hydrogen-bond donors (Lipinski definition) is 2. The van der Waals surface area contributed by atoms with Gasteiger partial charge < -0.3 is 15.5 Å². The summed E-state index contributed by atoms with van der Waals surface area (Å²) < 4.78 is 12.9. The zero-order valence-corrected chi connectivity index (χ0v) is 12.0. The molecule has 2 rings (SSSR count). The monoisotopic (exact) mass is 299 g/mol. The van der Waals surface area contributed by atoms with Crippen molar-refractivity contribution < 1.29 is 9.18 Å². The van der Waals surface area contributed by atoms with E-state index in [1.807, 2.05) is 0 Å². The Bertz CT molecular complexity index is 464. The fraction of sp³-hybridized carbons (Fsp3) is 0.500. The first kappa shape index (κ1) is 15.2. The van der Waals surface area contributed by atoms with E-state index in [0.717, 1.165) is 45.2 Å². The maximum atomic E-state index is 12.9. The zero-order valence-electron chi connectivity index (χ0n) is 11.3. The van der Waals surface area contributed by atoms with Gasteiger partial charge >= 0.3 is 0 Å². The fourth-order valence-electron chi connectivity index (χ4n) is 2.21. The third-order valence-corrected chi connectivity index (χ3v) is 3.63. The standard InChI is InChI=1S/C14H19ClFN3O/c15-13-10-11(16)2-3-12(13)14(20)18-4-1-7-19-8-5-17-6-9-19/h2-3,10,17H,1,4-9H2,(H,18,20). The molecule has 0 saturated carbocycles. The molecule has 6 heteroatoms. The molecule has 1 amide bonds. The van der Waals surface area contributed by atoms with Gasteiger partial charge in [0.1, 0.15) is 5.82 Å². The van der Waals surface area contributed by atoms with Crippen LogP contribution in [0.15, 0.2) is 18.2 Å². The van der Waals surface area contributed by atoms with Crippen LogP contribution >= 0.6 is 11.6 Å². The summed E-state index contributed by atoms with van der Waals surface area (Å²) in [6, 6.07) is 3.79. The molecule has 1 heterocycles. The zero-order chi connectivity index (χ0) is 14.4. The third-order valence-electron chi connectivity index (χ3n) is 3.32. The molecule has 0 atom stereocenters. The summed E-state index contributed by atoms with van der Waals surface area (Å²) in [5.41, 5.74) is 0.315. The van der Waals surface area contributed by atoms with Gasteiger partial charge in [-0.3, -0.25) is 4.79 Å². The highest BCUT2D eigenvalue weighted by Crippen LogP contribution is 2.16. The number of rotatable bonds is 5. The second-order valence-electron chi connectivity index (χ2n) is 4.83. The number of nitrogens with one attached hydrogen (secondary N) is 2. The van der Waals surface area contributed by atoms with Crippen LogP contribution in [0.2, 0.25) is 5.02 Å². The molecule has 2 N–H and O–H groups in total. The number of piperazine rings is 1. The van der Waals surface area contributed by atoms with Crippen LogP contribution in [0.4, 0.5) is 4.39 Å². The lowest BCUT2D eigenvalue weighted by molar-refractivity contribution is 0.0951. The molecular weight excluding hydrogens is 281 g/mol. The molecule has 110 valence electrons. The Kier molecular flexibility index (Phi) is 5.76. The minimum atomic E-state index is -0.440. The number of amides is 1. The molecule has 1 aliphatic rings. The highest BCUT2D eigenvalue weighted by molar-refractivity contribution is 6.33. The van der Waals surface area contributed by atoms with E-state index in [2.05, 4.69) is 15.5 Å². The topological polar surface area (TPSA) is 44.4 Å². The Balaban J connectivity index is 1.72. The van der Waals surface area contributed by atoms with Gasteiger partial charge in [-0.05, 0) is 31.2 Å². The molecule has 1 aromatic carbocycles. The highest BCUT2D eigenvalue weighted by atomic mass is 35.5. The molecule has 1 aliphatic heterocycles. The van der Waals surface area contributed by atoms with Crippen molar-refractivity contribution >= 4 is 17.5 Å². The van der Waals surface area contributed by atoms with Gasteiger partial charge in [-0.25, -0.2) is 4.39 Å². The molecular formula is C14H19ClFN3O. The van der Waals surface area contributed by atoms with Gasteiger partial charge in [-0.1, -0.05) is 11.6 Å². The van der Waals surface area contributed by atoms with Crippen LogP contribution in [0.3, 0.4) is 0 Å². The van der Waals surface area contributed by atoms with Gasteiger partial charge in [0, 0.05) is 32.7 Å². The van der Waals surface area contributed by atoms with E-state index in [0.29, 0.717) is 12.1 Å². The highest BCUT2D eigenvalue weighted by Gasteiger charge is 2.11. The normalized spacial score (nSPS) is 16.1. The van der Waals surface area contributed by atoms with Crippen LogP contribution in [-0.2, 0) is 0 Å². The minimum absolute atomic E-state index is 0.143. The first-order chi connectivity index (χ1) is 9.66. The number of carbonyl (C=O) groups excluding carboxylic acids is 1. The number of carbonyl (C=O) groups is 1. The van der Waals surface area contributed by atoms with Crippen molar-refractivity contribution in [1.29, 1.82) is 0 Å². The molecule has 0 aliphatic carbocycles. The Labute approximate surface area is 123 Å². The number of hydrogen-bond acceptors (Lipinski definition) is 3. The maximum Gasteiger partial charge on any atom is 0.252 e. The van der Waals surface area contributed by atoms with E-state index in [1.165, 1.54) is 12.1 Å². The van der Waals surface area contributed by atoms with Crippen LogP contribution in [0.1, 0.15) is 16.8 Å². The maximum absolute atomic E-state index is 12.9. The van der Waals surface area contributed by atoms with Crippen molar-refractivity contribution in [3.63, 3.8) is 0 Å². The second kappa shape index (κ2) is 7.57. The summed E-state index contributed by atoms with van der Waals surface area (Å²) in [4.78, 5) is 14.3. The summed E-state index contributed by atoms with van der Waals surface area (Å²) in [6.07, 6.45) is 0.893. The summed E-state index contributed by atoms with van der Waals surface area (Å²) in [7, 11) is 0. The van der Waals surface area contributed by atoms with Gasteiger partial charge in [0.15, 0.2) is 0 Å². The smallest absolute Gasteiger partial charge is 0.252 e. The number of nitrogens with zero attached hydrogens (tertiary/aromatic N) is 1. The predicted molar refractivity (Wildman–Crippen MR) is 77.7 cm³/mol. The van der Waals surface area contributed by atoms with Crippen LogP contribution in [0.5, 0.6) is 0 Å². The quantitative estimate of drug-likeness (QED) is 0.810. The fourth-order valence-corrected chi connectivity index (χ4v) is 2.46. The molecule has 1 fully saturated rings. The SMILES string of the molecule is O=C(NCCCN1CCNCC1)c1ccc(F)cc1Cl. The van der Waals surface area contributed by atoms with Crippen molar-refractivity contribution in [2.45, 2.75) is 6.42 Å². The van der Waals surface area contributed by atoms with E-state index >= 15 is 0 Å². The van der Waals surface area contributed by atoms with Gasteiger partial charge in [0.05, 0.1) is 10.6 Å². The summed E-state index contributed by atoms with van der Waals surface area (Å²) in [6.45, 7) is 5.72. The van der Waals surface area contributed by atoms with Crippen LogP contribution in [-0.4, -0.2) is 50.1 Å². The summed E-state index contributed by atoms with van der Waals surface area (Å²) in [5.74, 6) is -0.694. The van der Waals surface area contributed by atoms with Gasteiger partial charge in [-0.2, -0.15) is 0 Å². The van der Waals surface area contributed by atoms with E-state index < -0.39 is 5.82 Å². The molecule has 20 heavy (non-hydrogen) atoms. The van der Waals surface area contributed by atoms with E-state index in [4.69, 9.17) is 11.6 Å². The van der Waals surface area contributed by atoms with Crippen molar-refractivity contribution in [2.24, 2.45) is 0 Å². The molecule has 1 aromatic rings. The third kappa shape index (κ3) is 4.44. The minimum Gasteiger partial charge on any atom is -0.352 e. The number of halogens is 2. The molecule has 0 unspecified atom stereocenters. The lowest BCUT2D eigenvalue weighted by Gasteiger charge is -2.27. The van der Waals surface area contributed by atoms with Gasteiger partial charge in [-0.15, -0.1) is 0 Å². The van der Waals surface area contributed by atoms with Crippen molar-refractivity contribution in [3.8, 4) is 0 Å². The molecule has 0 spiro atoms. The molecule has 0 bridgehead atoms. The first-order valence-electron chi connectivity index (χ1n) is 6.83. The summed E-state index contributed by atoms with van der Waals surface area (Å²) >= 11 is 5.84. The Morgan fingerprint density at radius 1 is 1.40 bits per heavy atom. The predicted octanol–water partition coefficient (Wildman–Crippen LogP) is 1.50. The molecule has 0 aromatic heterocycles. The van der Waals surface area contributed by atoms with Crippen LogP contribution in [0, 0.1) is 5.82 Å². The molecule has 4 nitrogen and oxygen atoms in total. The van der Waals surface area contributed by atoms with E-state index in [-0.39, 0.29) is 10.9 Å². The summed E-state index contributed by atoms with van der Waals surface area (Å²) in [5, 5.41) is 6.25. The average molecular weight is 300 g/mol. The van der Waals surface area contributed by atoms with E-state index in [9.17, 15) is 9.18 Å². The lowest BCUT2D eigenvalue weighted by Crippen LogP contribution is -2.44. The Morgan fingerprint density at radius 3 is 2.85 bits per heavy atom. The van der Waals surface area contributed by atoms with E-state index in [1.54, 1.807) is 0 Å². The average Bonchev–Trinajstić information content (AvgIpc) is 2.44. The van der Waals surface area contributed by atoms with Crippen LogP contribution in [0.25, 0.3) is 0 Å². The van der Waals surface area contributed by atoms with Crippen LogP contribution < -0.4 is 10.6 Å². The van der Waals surface area contributed by atoms with Gasteiger partial charge in [0.25, 0.3) is 5.91 Å². The second-order valence-corrected chi connectivity index (χ2v) is 5.23.